The van der Waals surface area contributed by atoms with Crippen molar-refractivity contribution in [2.45, 2.75) is 97.1 Å². The van der Waals surface area contributed by atoms with Gasteiger partial charge in [0.25, 0.3) is 0 Å². The van der Waals surface area contributed by atoms with E-state index in [-0.39, 0.29) is 21.7 Å². The molecule has 1 heteroatoms. The average Bonchev–Trinajstić information content (AvgIpc) is 3.79. The van der Waals surface area contributed by atoms with Gasteiger partial charge in [-0.1, -0.05) is 172 Å². The van der Waals surface area contributed by atoms with Crippen LogP contribution in [0.3, 0.4) is 0 Å². The molecule has 0 amide bonds. The maximum absolute atomic E-state index is 2.60. The lowest BCUT2D eigenvalue weighted by Crippen LogP contribution is -2.29. The zero-order valence-corrected chi connectivity index (χ0v) is 37.0. The number of aryl methyl sites for hydroxylation is 1. The van der Waals surface area contributed by atoms with E-state index in [9.17, 15) is 0 Å². The molecule has 0 nitrogen and oxygen atoms in total. The summed E-state index contributed by atoms with van der Waals surface area (Å²) < 4.78 is 0. The van der Waals surface area contributed by atoms with Gasteiger partial charge in [0.05, 0.1) is 0 Å². The fourth-order valence-electron chi connectivity index (χ4n) is 12.8. The molecule has 5 aliphatic rings. The molecular formula is C57H52Si. The third-order valence-corrected chi connectivity index (χ3v) is 19.8. The van der Waals surface area contributed by atoms with Crippen molar-refractivity contribution >= 4 is 40.0 Å². The maximum atomic E-state index is 2.60. The van der Waals surface area contributed by atoms with Gasteiger partial charge in [0.15, 0.2) is 0 Å². The molecule has 12 rings (SSSR count). The molecule has 0 fully saturated rings. The summed E-state index contributed by atoms with van der Waals surface area (Å²) in [5.41, 5.74) is 24.4. The summed E-state index contributed by atoms with van der Waals surface area (Å²) in [7, 11) is -2.10. The van der Waals surface area contributed by atoms with Crippen LogP contribution in [0.25, 0.3) is 65.3 Å². The Kier molecular flexibility index (Phi) is 6.29. The molecule has 1 aliphatic heterocycles. The first-order valence-corrected chi connectivity index (χ1v) is 24.5. The topological polar surface area (TPSA) is 0 Å². The van der Waals surface area contributed by atoms with Crippen LogP contribution in [-0.2, 0) is 21.7 Å². The highest BCUT2D eigenvalue weighted by atomic mass is 28.3. The molecule has 1 heterocycles. The van der Waals surface area contributed by atoms with Crippen molar-refractivity contribution in [2.75, 3.05) is 0 Å². The molecule has 4 aliphatic carbocycles. The summed E-state index contributed by atoms with van der Waals surface area (Å²) in [6, 6.07) is 41.0. The van der Waals surface area contributed by atoms with E-state index in [1.165, 1.54) is 116 Å². The summed E-state index contributed by atoms with van der Waals surface area (Å²) in [5.74, 6) is 0. The zero-order valence-electron chi connectivity index (χ0n) is 36.0. The molecule has 0 saturated carbocycles. The van der Waals surface area contributed by atoms with Crippen molar-refractivity contribution in [1.82, 2.24) is 0 Å². The van der Waals surface area contributed by atoms with E-state index >= 15 is 0 Å². The highest BCUT2D eigenvalue weighted by Gasteiger charge is 2.47. The van der Waals surface area contributed by atoms with E-state index in [0.29, 0.717) is 0 Å². The fourth-order valence-corrected chi connectivity index (χ4v) is 15.8. The lowest BCUT2D eigenvalue weighted by Gasteiger charge is -2.36. The van der Waals surface area contributed by atoms with Crippen molar-refractivity contribution in [3.8, 4) is 33.4 Å². The Morgan fingerprint density at radius 1 is 0.397 bits per heavy atom. The number of hydrogen-bond donors (Lipinski definition) is 0. The summed E-state index contributed by atoms with van der Waals surface area (Å²) in [6.07, 6.45) is 4.99. The Balaban J connectivity index is 0.952. The molecule has 0 bridgehead atoms. The van der Waals surface area contributed by atoms with Crippen molar-refractivity contribution in [3.05, 3.63) is 176 Å². The SMILES string of the molecule is Cc1cc2c3c4c(cccc14)C(C)(C)c1cc(C4=CC=C(c5ccc6c(c5)C(C)(C)c5cc7c(cc5-6)C(C)(C)c5ccc6ccccc6c5-7)[Si]4(C)C)cc(c1-3)C2(C)C. The van der Waals surface area contributed by atoms with Crippen LogP contribution in [0, 0.1) is 6.92 Å². The van der Waals surface area contributed by atoms with Crippen molar-refractivity contribution in [2.24, 2.45) is 0 Å². The van der Waals surface area contributed by atoms with Gasteiger partial charge in [-0.2, -0.15) is 0 Å². The highest BCUT2D eigenvalue weighted by molar-refractivity contribution is 7.09. The predicted molar refractivity (Wildman–Crippen MR) is 251 cm³/mol. The summed E-state index contributed by atoms with van der Waals surface area (Å²) in [4.78, 5) is 0. The van der Waals surface area contributed by atoms with Gasteiger partial charge >= 0.3 is 0 Å². The Labute approximate surface area is 345 Å². The Hall–Kier alpha value is -5.24. The Morgan fingerprint density at radius 2 is 0.966 bits per heavy atom. The monoisotopic (exact) mass is 764 g/mol. The van der Waals surface area contributed by atoms with Crippen LogP contribution in [0.4, 0.5) is 0 Å². The standard InChI is InChI=1S/C57H52Si/c1-31-25-45-53-51-35(31)17-14-18-40(51)55(4,5)46-27-34(28-47(52(46)53)57(45,8)9)49-24-23-48(58(49,10)11)33-19-21-37-38-29-44-39(30-43(38)56(6,7)42(37)26-33)50-36-16-13-12-15-32(36)20-22-41(50)54(44,2)3/h12-30H,1-11H3. The Bertz CT molecular complexity index is 3190. The summed E-state index contributed by atoms with van der Waals surface area (Å²) in [6.45, 7) is 27.1. The number of benzene rings is 7. The minimum absolute atomic E-state index is 0.0548. The normalized spacial score (nSPS) is 19.5. The number of allylic oxidation sites excluding steroid dienone is 2. The van der Waals surface area contributed by atoms with Gasteiger partial charge in [-0.25, -0.2) is 0 Å². The van der Waals surface area contributed by atoms with Gasteiger partial charge in [0.1, 0.15) is 8.07 Å². The van der Waals surface area contributed by atoms with Crippen LogP contribution in [-0.4, -0.2) is 8.07 Å². The molecule has 0 saturated heterocycles. The summed E-state index contributed by atoms with van der Waals surface area (Å²) in [5, 5.41) is 8.68. The van der Waals surface area contributed by atoms with E-state index < -0.39 is 8.07 Å². The molecule has 0 N–H and O–H groups in total. The van der Waals surface area contributed by atoms with Crippen LogP contribution < -0.4 is 0 Å². The lowest BCUT2D eigenvalue weighted by atomic mass is 9.68. The van der Waals surface area contributed by atoms with Crippen molar-refractivity contribution < 1.29 is 0 Å². The molecule has 0 spiro atoms. The molecule has 0 radical (unpaired) electrons. The second-order valence-electron chi connectivity index (χ2n) is 21.0. The van der Waals surface area contributed by atoms with Gasteiger partial charge in [-0.05, 0) is 146 Å². The second kappa shape index (κ2) is 10.5. The molecule has 7 aromatic carbocycles. The van der Waals surface area contributed by atoms with E-state index in [1.807, 2.05) is 0 Å². The minimum Gasteiger partial charge on any atom is -0.0621 e. The number of fused-ring (bicyclic) bond motifs is 8. The van der Waals surface area contributed by atoms with Crippen LogP contribution in [0.5, 0.6) is 0 Å². The third kappa shape index (κ3) is 3.93. The quantitative estimate of drug-likeness (QED) is 0.154. The predicted octanol–water partition coefficient (Wildman–Crippen LogP) is 15.1. The first kappa shape index (κ1) is 34.8. The van der Waals surface area contributed by atoms with E-state index in [4.69, 9.17) is 0 Å². The van der Waals surface area contributed by atoms with Crippen LogP contribution in [0.15, 0.2) is 115 Å². The summed E-state index contributed by atoms with van der Waals surface area (Å²) >= 11 is 0. The van der Waals surface area contributed by atoms with Gasteiger partial charge in [0.2, 0.25) is 0 Å². The minimum atomic E-state index is -2.10. The highest BCUT2D eigenvalue weighted by Crippen LogP contribution is 2.62. The fraction of sp³-hybridized carbons (Fsp3) is 0.263. The molecule has 0 aromatic heterocycles. The van der Waals surface area contributed by atoms with Gasteiger partial charge in [0, 0.05) is 21.7 Å². The van der Waals surface area contributed by atoms with E-state index in [2.05, 4.69) is 191 Å². The van der Waals surface area contributed by atoms with Gasteiger partial charge in [-0.15, -0.1) is 0 Å². The first-order valence-electron chi connectivity index (χ1n) is 21.5. The van der Waals surface area contributed by atoms with Crippen molar-refractivity contribution in [3.63, 3.8) is 0 Å². The molecule has 0 unspecified atom stereocenters. The Morgan fingerprint density at radius 3 is 1.72 bits per heavy atom. The van der Waals surface area contributed by atoms with Gasteiger partial charge in [-0.3, -0.25) is 0 Å². The number of rotatable bonds is 2. The first-order chi connectivity index (χ1) is 27.4. The van der Waals surface area contributed by atoms with Crippen LogP contribution in [0.2, 0.25) is 13.1 Å². The van der Waals surface area contributed by atoms with E-state index in [0.717, 1.165) is 0 Å². The molecule has 7 aromatic rings. The van der Waals surface area contributed by atoms with Crippen molar-refractivity contribution in [1.29, 1.82) is 0 Å². The maximum Gasteiger partial charge on any atom is 0.113 e. The molecular weight excluding hydrogens is 713 g/mol. The van der Waals surface area contributed by atoms with Crippen LogP contribution >= 0.6 is 0 Å². The smallest absolute Gasteiger partial charge is 0.0621 e. The van der Waals surface area contributed by atoms with E-state index in [1.54, 1.807) is 10.4 Å². The molecule has 284 valence electrons. The van der Waals surface area contributed by atoms with Crippen LogP contribution in [0.1, 0.15) is 117 Å². The molecule has 0 atom stereocenters. The van der Waals surface area contributed by atoms with Gasteiger partial charge < -0.3 is 0 Å². The third-order valence-electron chi connectivity index (χ3n) is 16.2. The number of hydrogen-bond acceptors (Lipinski definition) is 0. The second-order valence-corrected chi connectivity index (χ2v) is 25.3. The zero-order chi connectivity index (χ0) is 40.2. The average molecular weight is 765 g/mol. The largest absolute Gasteiger partial charge is 0.113 e. The molecule has 58 heavy (non-hydrogen) atoms. The lowest BCUT2D eigenvalue weighted by molar-refractivity contribution is 0.639.